The Morgan fingerprint density at radius 2 is 2.29 bits per heavy atom. The number of aromatic nitrogens is 3. The van der Waals surface area contributed by atoms with E-state index >= 15 is 0 Å². The first-order valence-electron chi connectivity index (χ1n) is 6.21. The summed E-state index contributed by atoms with van der Waals surface area (Å²) in [6.07, 6.45) is 2.76. The fourth-order valence-electron chi connectivity index (χ4n) is 2.40. The minimum absolute atomic E-state index is 0.697. The number of rotatable bonds is 3. The van der Waals surface area contributed by atoms with E-state index in [0.717, 1.165) is 34.1 Å². The lowest BCUT2D eigenvalue weighted by Gasteiger charge is -2.11. The molecule has 0 saturated heterocycles. The van der Waals surface area contributed by atoms with Crippen LogP contribution in [0.4, 0.5) is 0 Å². The van der Waals surface area contributed by atoms with Crippen LogP contribution in [-0.4, -0.2) is 14.5 Å². The van der Waals surface area contributed by atoms with E-state index < -0.39 is 0 Å². The third-order valence-electron chi connectivity index (χ3n) is 3.65. The number of hydrogen-bond acceptors (Lipinski definition) is 2. The van der Waals surface area contributed by atoms with Gasteiger partial charge < -0.3 is 9.55 Å². The number of imidazole rings is 1. The molecule has 1 fully saturated rings. The van der Waals surface area contributed by atoms with Crippen LogP contribution in [0.1, 0.15) is 25.5 Å². The van der Waals surface area contributed by atoms with Crippen LogP contribution in [0, 0.1) is 23.5 Å². The number of hydrogen-bond donors (Lipinski definition) is 1. The molecule has 3 nitrogen and oxygen atoms in total. The summed E-state index contributed by atoms with van der Waals surface area (Å²) in [6.45, 7) is 5.32. The summed E-state index contributed by atoms with van der Waals surface area (Å²) in [5.41, 5.74) is 3.09. The van der Waals surface area contributed by atoms with Crippen molar-refractivity contribution in [2.24, 2.45) is 11.8 Å². The molecule has 1 atom stereocenters. The Balaban J connectivity index is 2.04. The van der Waals surface area contributed by atoms with Gasteiger partial charge in [-0.05, 0) is 56.0 Å². The van der Waals surface area contributed by atoms with Gasteiger partial charge in [0.1, 0.15) is 0 Å². The molecule has 1 N–H and O–H groups in total. The second-order valence-electron chi connectivity index (χ2n) is 5.18. The Morgan fingerprint density at radius 3 is 3.00 bits per heavy atom. The highest BCUT2D eigenvalue weighted by Gasteiger charge is 2.28. The van der Waals surface area contributed by atoms with E-state index in [2.05, 4.69) is 27.5 Å². The first-order valence-corrected chi connectivity index (χ1v) is 6.62. The molecule has 1 saturated carbocycles. The topological polar surface area (TPSA) is 33.6 Å². The second kappa shape index (κ2) is 3.95. The van der Waals surface area contributed by atoms with Gasteiger partial charge in [0.15, 0.2) is 10.4 Å². The molecule has 0 radical (unpaired) electrons. The average Bonchev–Trinajstić information content (AvgIpc) is 3.08. The zero-order chi connectivity index (χ0) is 12.0. The van der Waals surface area contributed by atoms with Crippen molar-refractivity contribution >= 4 is 23.4 Å². The maximum Gasteiger partial charge on any atom is 0.179 e. The van der Waals surface area contributed by atoms with Gasteiger partial charge in [-0.1, -0.05) is 6.92 Å². The summed E-state index contributed by atoms with van der Waals surface area (Å²) in [7, 11) is 0. The van der Waals surface area contributed by atoms with E-state index in [1.165, 1.54) is 12.8 Å². The highest BCUT2D eigenvalue weighted by atomic mass is 32.1. The summed E-state index contributed by atoms with van der Waals surface area (Å²) < 4.78 is 2.95. The number of H-pyrrole nitrogens is 1. The molecule has 1 aliphatic rings. The monoisotopic (exact) mass is 247 g/mol. The Kier molecular flexibility index (Phi) is 2.54. The SMILES string of the molecule is Cc1ccc2[nH]c(=S)n(CC(C)C3CC3)c2n1. The fourth-order valence-corrected chi connectivity index (χ4v) is 2.67. The molecule has 2 aromatic rings. The maximum atomic E-state index is 5.39. The van der Waals surface area contributed by atoms with Crippen LogP contribution in [-0.2, 0) is 6.54 Å². The van der Waals surface area contributed by atoms with Crippen LogP contribution >= 0.6 is 12.2 Å². The standard InChI is InChI=1S/C13H17N3S/c1-8(10-4-5-10)7-16-12-11(15-13(16)17)6-3-9(2)14-12/h3,6,8,10H,4-5,7H2,1-2H3,(H,15,17). The molecule has 1 aliphatic carbocycles. The fraction of sp³-hybridized carbons (Fsp3) is 0.538. The summed E-state index contributed by atoms with van der Waals surface area (Å²) >= 11 is 5.39. The van der Waals surface area contributed by atoms with Gasteiger partial charge in [-0.2, -0.15) is 0 Å². The molecule has 0 amide bonds. The largest absolute Gasteiger partial charge is 0.329 e. The van der Waals surface area contributed by atoms with Crippen molar-refractivity contribution in [2.75, 3.05) is 0 Å². The van der Waals surface area contributed by atoms with Gasteiger partial charge in [-0.25, -0.2) is 4.98 Å². The van der Waals surface area contributed by atoms with Gasteiger partial charge in [0.05, 0.1) is 5.52 Å². The molecular weight excluding hydrogens is 230 g/mol. The van der Waals surface area contributed by atoms with Gasteiger partial charge in [0.2, 0.25) is 0 Å². The summed E-state index contributed by atoms with van der Waals surface area (Å²) in [5, 5.41) is 0. The van der Waals surface area contributed by atoms with Crippen molar-refractivity contribution in [1.29, 1.82) is 0 Å². The van der Waals surface area contributed by atoms with Crippen molar-refractivity contribution in [2.45, 2.75) is 33.2 Å². The van der Waals surface area contributed by atoms with Crippen LogP contribution < -0.4 is 0 Å². The molecule has 0 aromatic carbocycles. The minimum atomic E-state index is 0.697. The molecule has 90 valence electrons. The Bertz CT molecular complexity index is 607. The van der Waals surface area contributed by atoms with Gasteiger partial charge in [-0.15, -0.1) is 0 Å². The van der Waals surface area contributed by atoms with Crippen molar-refractivity contribution in [3.8, 4) is 0 Å². The van der Waals surface area contributed by atoms with Gasteiger partial charge >= 0.3 is 0 Å². The Morgan fingerprint density at radius 1 is 1.53 bits per heavy atom. The van der Waals surface area contributed by atoms with Crippen molar-refractivity contribution in [3.05, 3.63) is 22.6 Å². The summed E-state index contributed by atoms with van der Waals surface area (Å²) in [6, 6.07) is 4.08. The van der Waals surface area contributed by atoms with Crippen LogP contribution in [0.5, 0.6) is 0 Å². The third kappa shape index (κ3) is 2.02. The number of pyridine rings is 1. The summed E-state index contributed by atoms with van der Waals surface area (Å²) in [5.74, 6) is 1.59. The zero-order valence-corrected chi connectivity index (χ0v) is 11.0. The first-order chi connectivity index (χ1) is 8.15. The molecule has 2 aromatic heterocycles. The molecular formula is C13H17N3S. The predicted molar refractivity (Wildman–Crippen MR) is 71.5 cm³/mol. The maximum absolute atomic E-state index is 5.39. The third-order valence-corrected chi connectivity index (χ3v) is 3.98. The molecule has 0 spiro atoms. The van der Waals surface area contributed by atoms with E-state index in [4.69, 9.17) is 12.2 Å². The van der Waals surface area contributed by atoms with Gasteiger partial charge in [0, 0.05) is 12.2 Å². The molecule has 17 heavy (non-hydrogen) atoms. The van der Waals surface area contributed by atoms with E-state index in [0.29, 0.717) is 5.92 Å². The number of aryl methyl sites for hydroxylation is 1. The number of aromatic amines is 1. The molecule has 0 aliphatic heterocycles. The number of fused-ring (bicyclic) bond motifs is 1. The highest BCUT2D eigenvalue weighted by Crippen LogP contribution is 2.37. The van der Waals surface area contributed by atoms with Gasteiger partial charge in [-0.3, -0.25) is 0 Å². The minimum Gasteiger partial charge on any atom is -0.329 e. The number of nitrogens with one attached hydrogen (secondary N) is 1. The normalized spacial score (nSPS) is 17.5. The Labute approximate surface area is 106 Å². The Hall–Kier alpha value is -1.16. The van der Waals surface area contributed by atoms with Crippen LogP contribution in [0.3, 0.4) is 0 Å². The molecule has 3 rings (SSSR count). The molecule has 2 heterocycles. The highest BCUT2D eigenvalue weighted by molar-refractivity contribution is 7.71. The predicted octanol–water partition coefficient (Wildman–Crippen LogP) is 3.45. The van der Waals surface area contributed by atoms with E-state index in [1.54, 1.807) is 0 Å². The number of nitrogens with zero attached hydrogens (tertiary/aromatic N) is 2. The van der Waals surface area contributed by atoms with E-state index in [9.17, 15) is 0 Å². The zero-order valence-electron chi connectivity index (χ0n) is 10.2. The molecule has 4 heteroatoms. The van der Waals surface area contributed by atoms with E-state index in [1.807, 2.05) is 13.0 Å². The quantitative estimate of drug-likeness (QED) is 0.843. The van der Waals surface area contributed by atoms with Crippen LogP contribution in [0.25, 0.3) is 11.2 Å². The van der Waals surface area contributed by atoms with Crippen LogP contribution in [0.2, 0.25) is 0 Å². The van der Waals surface area contributed by atoms with Crippen molar-refractivity contribution < 1.29 is 0 Å². The smallest absolute Gasteiger partial charge is 0.179 e. The van der Waals surface area contributed by atoms with Crippen molar-refractivity contribution in [3.63, 3.8) is 0 Å². The van der Waals surface area contributed by atoms with E-state index in [-0.39, 0.29) is 0 Å². The average molecular weight is 247 g/mol. The van der Waals surface area contributed by atoms with Crippen molar-refractivity contribution in [1.82, 2.24) is 14.5 Å². The lowest BCUT2D eigenvalue weighted by Crippen LogP contribution is -2.10. The van der Waals surface area contributed by atoms with Crippen LogP contribution in [0.15, 0.2) is 12.1 Å². The first kappa shape index (κ1) is 11.0. The summed E-state index contributed by atoms with van der Waals surface area (Å²) in [4.78, 5) is 7.83. The lowest BCUT2D eigenvalue weighted by molar-refractivity contribution is 0.432. The molecule has 1 unspecified atom stereocenters. The molecule has 0 bridgehead atoms. The van der Waals surface area contributed by atoms with Gasteiger partial charge in [0.25, 0.3) is 0 Å². The lowest BCUT2D eigenvalue weighted by atomic mass is 10.1. The second-order valence-corrected chi connectivity index (χ2v) is 5.57.